The largest absolute Gasteiger partial charge is 0.506 e. The molecule has 4 heterocycles. The lowest BCUT2D eigenvalue weighted by molar-refractivity contribution is 0.121. The Morgan fingerprint density at radius 2 is 1.97 bits per heavy atom. The fourth-order valence-corrected chi connectivity index (χ4v) is 4.14. The molecule has 1 saturated heterocycles. The maximum atomic E-state index is 9.93. The molecule has 3 aromatic heterocycles. The normalized spacial score (nSPS) is 22.7. The van der Waals surface area contributed by atoms with Crippen LogP contribution in [0.3, 0.4) is 0 Å². The number of hydrogen-bond acceptors (Lipinski definition) is 8. The minimum Gasteiger partial charge on any atom is -0.506 e. The van der Waals surface area contributed by atoms with Crippen molar-refractivity contribution >= 4 is 16.7 Å². The number of nitrogens with zero attached hydrogens (tertiary/aromatic N) is 5. The minimum atomic E-state index is 0.0761. The van der Waals surface area contributed by atoms with Gasteiger partial charge in [-0.1, -0.05) is 0 Å². The van der Waals surface area contributed by atoms with Crippen molar-refractivity contribution in [2.75, 3.05) is 31.2 Å². The lowest BCUT2D eigenvalue weighted by Gasteiger charge is -2.30. The molecule has 0 spiro atoms. The Hall–Kier alpha value is -2.94. The van der Waals surface area contributed by atoms with E-state index in [9.17, 15) is 5.11 Å². The Kier molecular flexibility index (Phi) is 4.89. The summed E-state index contributed by atoms with van der Waals surface area (Å²) in [7, 11) is 0. The van der Waals surface area contributed by atoms with Crippen molar-refractivity contribution in [3.8, 4) is 11.6 Å². The second-order valence-electron chi connectivity index (χ2n) is 7.61. The number of pyridine rings is 2. The predicted octanol–water partition coefficient (Wildman–Crippen LogP) is 2.40. The summed E-state index contributed by atoms with van der Waals surface area (Å²) in [5, 5.41) is 18.7. The van der Waals surface area contributed by atoms with Crippen molar-refractivity contribution < 1.29 is 14.6 Å². The van der Waals surface area contributed by atoms with Gasteiger partial charge >= 0.3 is 0 Å². The molecule has 0 aromatic carbocycles. The second kappa shape index (κ2) is 7.82. The van der Waals surface area contributed by atoms with Crippen LogP contribution in [0.15, 0.2) is 24.7 Å². The minimum absolute atomic E-state index is 0.0761. The van der Waals surface area contributed by atoms with Crippen LogP contribution < -0.4 is 9.64 Å². The van der Waals surface area contributed by atoms with Crippen LogP contribution in [0, 0.1) is 0 Å². The van der Waals surface area contributed by atoms with Gasteiger partial charge in [-0.05, 0) is 31.7 Å². The van der Waals surface area contributed by atoms with Gasteiger partial charge in [-0.15, -0.1) is 10.2 Å². The number of anilines is 1. The number of hydrogen-bond donors (Lipinski definition) is 2. The molecular formula is C20H24N6O3. The Morgan fingerprint density at radius 3 is 2.72 bits per heavy atom. The highest BCUT2D eigenvalue weighted by Crippen LogP contribution is 2.35. The third-order valence-corrected chi connectivity index (χ3v) is 5.73. The van der Waals surface area contributed by atoms with Gasteiger partial charge in [0.2, 0.25) is 5.88 Å². The van der Waals surface area contributed by atoms with Crippen molar-refractivity contribution in [3.63, 3.8) is 0 Å². The Labute approximate surface area is 168 Å². The van der Waals surface area contributed by atoms with Crippen LogP contribution in [0.4, 0.5) is 5.82 Å². The monoisotopic (exact) mass is 396 g/mol. The van der Waals surface area contributed by atoms with Gasteiger partial charge in [0.1, 0.15) is 29.8 Å². The standard InChI is InChI=1S/C20H24N6O3/c27-14-9-16-17(21-11-14)10-18(26-5-7-28-8-6-26)24-20(16)29-15-3-1-13(2-4-15)19-22-12-23-25-19/h9-13,15,27H,1-8H2,(H,22,23,25). The van der Waals surface area contributed by atoms with E-state index >= 15 is 0 Å². The molecule has 0 radical (unpaired) electrons. The van der Waals surface area contributed by atoms with Gasteiger partial charge < -0.3 is 24.5 Å². The van der Waals surface area contributed by atoms with Crippen LogP contribution in [-0.4, -0.2) is 62.7 Å². The van der Waals surface area contributed by atoms with Crippen LogP contribution in [0.5, 0.6) is 11.6 Å². The number of aromatic hydroxyl groups is 1. The molecule has 9 heteroatoms. The number of morpholine rings is 1. The summed E-state index contributed by atoms with van der Waals surface area (Å²) in [6.07, 6.45) is 6.98. The van der Waals surface area contributed by atoms with E-state index in [4.69, 9.17) is 14.5 Å². The van der Waals surface area contributed by atoms with E-state index in [1.165, 1.54) is 6.20 Å². The van der Waals surface area contributed by atoms with Crippen molar-refractivity contribution in [2.45, 2.75) is 37.7 Å². The van der Waals surface area contributed by atoms with E-state index in [0.717, 1.165) is 61.3 Å². The molecule has 2 aliphatic rings. The second-order valence-corrected chi connectivity index (χ2v) is 7.61. The number of rotatable bonds is 4. The summed E-state index contributed by atoms with van der Waals surface area (Å²) < 4.78 is 11.8. The highest BCUT2D eigenvalue weighted by atomic mass is 16.5. The van der Waals surface area contributed by atoms with E-state index in [1.807, 2.05) is 6.07 Å². The van der Waals surface area contributed by atoms with E-state index in [0.29, 0.717) is 25.0 Å². The number of H-pyrrole nitrogens is 1. The Balaban J connectivity index is 1.38. The summed E-state index contributed by atoms with van der Waals surface area (Å²) in [6.45, 7) is 2.95. The maximum absolute atomic E-state index is 9.93. The zero-order valence-corrected chi connectivity index (χ0v) is 16.1. The maximum Gasteiger partial charge on any atom is 0.225 e. The van der Waals surface area contributed by atoms with Gasteiger partial charge in [-0.3, -0.25) is 4.98 Å². The van der Waals surface area contributed by atoms with Crippen molar-refractivity contribution in [1.29, 1.82) is 0 Å². The van der Waals surface area contributed by atoms with Crippen LogP contribution in [0.1, 0.15) is 37.4 Å². The number of fused-ring (bicyclic) bond motifs is 1. The molecule has 2 N–H and O–H groups in total. The van der Waals surface area contributed by atoms with Gasteiger partial charge in [0.05, 0.1) is 30.3 Å². The average molecular weight is 396 g/mol. The molecule has 0 bridgehead atoms. The molecule has 1 aliphatic heterocycles. The van der Waals surface area contributed by atoms with Gasteiger partial charge in [-0.25, -0.2) is 0 Å². The molecule has 3 aromatic rings. The topological polar surface area (TPSA) is 109 Å². The quantitative estimate of drug-likeness (QED) is 0.692. The summed E-state index contributed by atoms with van der Waals surface area (Å²) >= 11 is 0. The molecule has 1 saturated carbocycles. The van der Waals surface area contributed by atoms with Gasteiger partial charge in [0.15, 0.2) is 0 Å². The summed E-state index contributed by atoms with van der Waals surface area (Å²) in [6, 6.07) is 3.63. The number of nitrogens with one attached hydrogen (secondary N) is 1. The highest BCUT2D eigenvalue weighted by Gasteiger charge is 2.27. The molecule has 9 nitrogen and oxygen atoms in total. The zero-order valence-electron chi connectivity index (χ0n) is 16.1. The Morgan fingerprint density at radius 1 is 1.14 bits per heavy atom. The fourth-order valence-electron chi connectivity index (χ4n) is 4.14. The van der Waals surface area contributed by atoms with Crippen LogP contribution >= 0.6 is 0 Å². The summed E-state index contributed by atoms with van der Waals surface area (Å²) in [5.41, 5.74) is 0.768. The van der Waals surface area contributed by atoms with E-state index < -0.39 is 0 Å². The van der Waals surface area contributed by atoms with Crippen LogP contribution in [0.2, 0.25) is 0 Å². The first kappa shape index (κ1) is 18.1. The van der Waals surface area contributed by atoms with Gasteiger partial charge in [0.25, 0.3) is 0 Å². The Bertz CT molecular complexity index is 966. The first-order valence-corrected chi connectivity index (χ1v) is 10.1. The lowest BCUT2D eigenvalue weighted by Crippen LogP contribution is -2.36. The van der Waals surface area contributed by atoms with Crippen molar-refractivity contribution in [2.24, 2.45) is 0 Å². The SMILES string of the molecule is Oc1cnc2cc(N3CCOCC3)nc(OC3CCC(c4nnc[nH]4)CC3)c2c1. The first-order chi connectivity index (χ1) is 14.3. The molecule has 2 fully saturated rings. The summed E-state index contributed by atoms with van der Waals surface area (Å²) in [5.74, 6) is 2.83. The van der Waals surface area contributed by atoms with E-state index in [1.54, 1.807) is 12.4 Å². The average Bonchev–Trinajstić information content (AvgIpc) is 3.30. The zero-order chi connectivity index (χ0) is 19.6. The molecule has 0 atom stereocenters. The number of aromatic nitrogens is 5. The third kappa shape index (κ3) is 3.82. The summed E-state index contributed by atoms with van der Waals surface area (Å²) in [4.78, 5) is 14.5. The molecule has 0 unspecified atom stereocenters. The number of aromatic amines is 1. The molecule has 5 rings (SSSR count). The molecular weight excluding hydrogens is 372 g/mol. The molecule has 29 heavy (non-hydrogen) atoms. The first-order valence-electron chi connectivity index (χ1n) is 10.1. The lowest BCUT2D eigenvalue weighted by atomic mass is 9.87. The fraction of sp³-hybridized carbons (Fsp3) is 0.500. The van der Waals surface area contributed by atoms with Crippen LogP contribution in [0.25, 0.3) is 10.9 Å². The molecule has 0 amide bonds. The highest BCUT2D eigenvalue weighted by molar-refractivity contribution is 5.86. The van der Waals surface area contributed by atoms with E-state index in [2.05, 4.69) is 25.1 Å². The predicted molar refractivity (Wildman–Crippen MR) is 106 cm³/mol. The van der Waals surface area contributed by atoms with Gasteiger partial charge in [0, 0.05) is 25.1 Å². The smallest absolute Gasteiger partial charge is 0.225 e. The van der Waals surface area contributed by atoms with Gasteiger partial charge in [-0.2, -0.15) is 4.98 Å². The van der Waals surface area contributed by atoms with Crippen LogP contribution in [-0.2, 0) is 4.74 Å². The number of ether oxygens (including phenoxy) is 2. The van der Waals surface area contributed by atoms with Crippen molar-refractivity contribution in [3.05, 3.63) is 30.5 Å². The molecule has 152 valence electrons. The van der Waals surface area contributed by atoms with E-state index in [-0.39, 0.29) is 11.9 Å². The third-order valence-electron chi connectivity index (χ3n) is 5.73. The van der Waals surface area contributed by atoms with Crippen molar-refractivity contribution in [1.82, 2.24) is 25.1 Å². The molecule has 1 aliphatic carbocycles.